The van der Waals surface area contributed by atoms with E-state index in [2.05, 4.69) is 45.1 Å². The molecule has 0 aliphatic heterocycles. The monoisotopic (exact) mass is 231 g/mol. The normalized spacial score (nSPS) is 11.6. The van der Waals surface area contributed by atoms with Crippen LogP contribution in [0.1, 0.15) is 30.5 Å². The Morgan fingerprint density at radius 1 is 1.24 bits per heavy atom. The van der Waals surface area contributed by atoms with E-state index in [0.717, 1.165) is 18.7 Å². The van der Waals surface area contributed by atoms with Crippen molar-refractivity contribution in [3.05, 3.63) is 35.1 Å². The van der Waals surface area contributed by atoms with E-state index in [4.69, 9.17) is 4.42 Å². The van der Waals surface area contributed by atoms with E-state index in [9.17, 15) is 0 Å². The van der Waals surface area contributed by atoms with E-state index in [0.29, 0.717) is 5.92 Å². The maximum Gasteiger partial charge on any atom is 0.137 e. The molecule has 0 bridgehead atoms. The highest BCUT2D eigenvalue weighted by Gasteiger charge is 2.08. The second kappa shape index (κ2) is 4.92. The molecule has 0 saturated carbocycles. The van der Waals surface area contributed by atoms with E-state index in [1.807, 2.05) is 6.26 Å². The average Bonchev–Trinajstić information content (AvgIpc) is 2.61. The third kappa shape index (κ3) is 2.70. The number of hydrogen-bond donors (Lipinski definition) is 1. The van der Waals surface area contributed by atoms with E-state index in [1.165, 1.54) is 22.1 Å². The van der Waals surface area contributed by atoms with Crippen LogP contribution in [0, 0.1) is 19.8 Å². The van der Waals surface area contributed by atoms with Gasteiger partial charge in [-0.05, 0) is 43.5 Å². The zero-order chi connectivity index (χ0) is 12.4. The molecule has 1 N–H and O–H groups in total. The molecule has 0 amide bonds. The molecule has 17 heavy (non-hydrogen) atoms. The van der Waals surface area contributed by atoms with Crippen LogP contribution in [0.5, 0.6) is 0 Å². The molecule has 2 nitrogen and oxygen atoms in total. The van der Waals surface area contributed by atoms with Crippen LogP contribution in [0.2, 0.25) is 0 Å². The zero-order valence-corrected chi connectivity index (χ0v) is 11.1. The first-order valence-electron chi connectivity index (χ1n) is 6.26. The lowest BCUT2D eigenvalue weighted by Gasteiger charge is -2.06. The molecule has 2 heteroatoms. The molecular weight excluding hydrogens is 210 g/mol. The molecule has 2 aromatic rings. The number of hydrogen-bond acceptors (Lipinski definition) is 2. The Morgan fingerprint density at radius 3 is 2.71 bits per heavy atom. The van der Waals surface area contributed by atoms with Crippen LogP contribution in [0.15, 0.2) is 22.8 Å². The van der Waals surface area contributed by atoms with Gasteiger partial charge < -0.3 is 9.73 Å². The van der Waals surface area contributed by atoms with Gasteiger partial charge in [0.15, 0.2) is 0 Å². The van der Waals surface area contributed by atoms with Gasteiger partial charge in [0.05, 0.1) is 6.26 Å². The highest BCUT2D eigenvalue weighted by molar-refractivity contribution is 5.84. The predicted molar refractivity (Wildman–Crippen MR) is 72.2 cm³/mol. The topological polar surface area (TPSA) is 25.2 Å². The molecular formula is C15H21NO. The number of fused-ring (bicyclic) bond motifs is 1. The fourth-order valence-electron chi connectivity index (χ4n) is 2.18. The lowest BCUT2D eigenvalue weighted by molar-refractivity contribution is 0.546. The van der Waals surface area contributed by atoms with Gasteiger partial charge in [0, 0.05) is 17.5 Å². The largest absolute Gasteiger partial charge is 0.464 e. The standard InChI is InChI=1S/C15H21NO/c1-10(2)7-16-8-13-9-17-15-12(4)5-11(3)6-14(13)15/h5-6,9-10,16H,7-8H2,1-4H3. The minimum absolute atomic E-state index is 0.677. The molecule has 0 atom stereocenters. The smallest absolute Gasteiger partial charge is 0.137 e. The summed E-state index contributed by atoms with van der Waals surface area (Å²) in [6.07, 6.45) is 1.88. The predicted octanol–water partition coefficient (Wildman–Crippen LogP) is 3.80. The van der Waals surface area contributed by atoms with Crippen molar-refractivity contribution in [2.24, 2.45) is 5.92 Å². The maximum absolute atomic E-state index is 5.65. The lowest BCUT2D eigenvalue weighted by atomic mass is 10.1. The van der Waals surface area contributed by atoms with Crippen LogP contribution in [-0.2, 0) is 6.54 Å². The molecule has 1 aromatic heterocycles. The summed E-state index contributed by atoms with van der Waals surface area (Å²) in [6, 6.07) is 4.37. The third-order valence-corrected chi connectivity index (χ3v) is 2.95. The van der Waals surface area contributed by atoms with Gasteiger partial charge in [-0.15, -0.1) is 0 Å². The Bertz CT molecular complexity index is 511. The van der Waals surface area contributed by atoms with E-state index in [1.54, 1.807) is 0 Å². The molecule has 0 spiro atoms. The SMILES string of the molecule is Cc1cc(C)c2occ(CNCC(C)C)c2c1. The summed E-state index contributed by atoms with van der Waals surface area (Å²) in [4.78, 5) is 0. The van der Waals surface area contributed by atoms with Crippen molar-refractivity contribution in [2.75, 3.05) is 6.54 Å². The molecule has 0 unspecified atom stereocenters. The summed E-state index contributed by atoms with van der Waals surface area (Å²) in [5.74, 6) is 0.677. The van der Waals surface area contributed by atoms with Gasteiger partial charge in [-0.2, -0.15) is 0 Å². The van der Waals surface area contributed by atoms with E-state index in [-0.39, 0.29) is 0 Å². The first kappa shape index (κ1) is 12.2. The summed E-state index contributed by atoms with van der Waals surface area (Å²) in [6.45, 7) is 10.6. The molecule has 1 aromatic carbocycles. The summed E-state index contributed by atoms with van der Waals surface area (Å²) in [7, 11) is 0. The fraction of sp³-hybridized carbons (Fsp3) is 0.467. The van der Waals surface area contributed by atoms with Gasteiger partial charge in [0.2, 0.25) is 0 Å². The average molecular weight is 231 g/mol. The first-order valence-corrected chi connectivity index (χ1v) is 6.26. The highest BCUT2D eigenvalue weighted by atomic mass is 16.3. The van der Waals surface area contributed by atoms with Crippen LogP contribution in [0.4, 0.5) is 0 Å². The van der Waals surface area contributed by atoms with Crippen LogP contribution < -0.4 is 5.32 Å². The van der Waals surface area contributed by atoms with Crippen molar-refractivity contribution in [3.8, 4) is 0 Å². The number of benzene rings is 1. The molecule has 92 valence electrons. The van der Waals surface area contributed by atoms with Crippen molar-refractivity contribution >= 4 is 11.0 Å². The quantitative estimate of drug-likeness (QED) is 0.866. The van der Waals surface area contributed by atoms with E-state index < -0.39 is 0 Å². The Morgan fingerprint density at radius 2 is 2.00 bits per heavy atom. The highest BCUT2D eigenvalue weighted by Crippen LogP contribution is 2.25. The molecule has 0 radical (unpaired) electrons. The maximum atomic E-state index is 5.65. The van der Waals surface area contributed by atoms with Gasteiger partial charge in [0.1, 0.15) is 5.58 Å². The Kier molecular flexibility index (Phi) is 3.53. The van der Waals surface area contributed by atoms with Crippen molar-refractivity contribution in [1.82, 2.24) is 5.32 Å². The molecule has 2 rings (SSSR count). The van der Waals surface area contributed by atoms with Gasteiger partial charge in [-0.1, -0.05) is 19.9 Å². The lowest BCUT2D eigenvalue weighted by Crippen LogP contribution is -2.18. The number of aryl methyl sites for hydroxylation is 2. The summed E-state index contributed by atoms with van der Waals surface area (Å²) >= 11 is 0. The third-order valence-electron chi connectivity index (χ3n) is 2.95. The van der Waals surface area contributed by atoms with Crippen LogP contribution in [-0.4, -0.2) is 6.54 Å². The molecule has 0 aliphatic carbocycles. The summed E-state index contributed by atoms with van der Waals surface area (Å²) in [5, 5.41) is 4.71. The number of furan rings is 1. The van der Waals surface area contributed by atoms with Gasteiger partial charge in [-0.3, -0.25) is 0 Å². The Balaban J connectivity index is 2.23. The van der Waals surface area contributed by atoms with Crippen molar-refractivity contribution in [2.45, 2.75) is 34.2 Å². The van der Waals surface area contributed by atoms with Gasteiger partial charge >= 0.3 is 0 Å². The van der Waals surface area contributed by atoms with Crippen LogP contribution >= 0.6 is 0 Å². The van der Waals surface area contributed by atoms with Crippen LogP contribution in [0.25, 0.3) is 11.0 Å². The Hall–Kier alpha value is -1.28. The molecule has 0 saturated heterocycles. The van der Waals surface area contributed by atoms with Crippen molar-refractivity contribution in [3.63, 3.8) is 0 Å². The van der Waals surface area contributed by atoms with Crippen LogP contribution in [0.3, 0.4) is 0 Å². The fourth-order valence-corrected chi connectivity index (χ4v) is 2.18. The van der Waals surface area contributed by atoms with Crippen molar-refractivity contribution < 1.29 is 4.42 Å². The second-order valence-electron chi connectivity index (χ2n) is 5.24. The van der Waals surface area contributed by atoms with Gasteiger partial charge in [-0.25, -0.2) is 0 Å². The summed E-state index contributed by atoms with van der Waals surface area (Å²) < 4.78 is 5.65. The second-order valence-corrected chi connectivity index (χ2v) is 5.24. The number of nitrogens with one attached hydrogen (secondary N) is 1. The minimum atomic E-state index is 0.677. The first-order chi connectivity index (χ1) is 8.08. The van der Waals surface area contributed by atoms with E-state index >= 15 is 0 Å². The Labute approximate surface area is 103 Å². The van der Waals surface area contributed by atoms with Crippen molar-refractivity contribution in [1.29, 1.82) is 0 Å². The number of rotatable bonds is 4. The van der Waals surface area contributed by atoms with Gasteiger partial charge in [0.25, 0.3) is 0 Å². The molecule has 0 fully saturated rings. The summed E-state index contributed by atoms with van der Waals surface area (Å²) in [5.41, 5.74) is 4.79. The molecule has 1 heterocycles. The molecule has 0 aliphatic rings. The minimum Gasteiger partial charge on any atom is -0.464 e. The zero-order valence-electron chi connectivity index (χ0n) is 11.1.